The van der Waals surface area contributed by atoms with Crippen LogP contribution in [0.3, 0.4) is 0 Å². The molecule has 0 saturated carbocycles. The quantitative estimate of drug-likeness (QED) is 0.858. The van der Waals surface area contributed by atoms with E-state index >= 15 is 0 Å². The average molecular weight is 228 g/mol. The fourth-order valence-corrected chi connectivity index (χ4v) is 1.74. The molecule has 2 aromatic rings. The number of benzene rings is 1. The Hall–Kier alpha value is -1.90. The van der Waals surface area contributed by atoms with Gasteiger partial charge in [0, 0.05) is 17.5 Å². The lowest BCUT2D eigenvalue weighted by atomic mass is 10.1. The molecular formula is C14H16N2O. The Balaban J connectivity index is 2.62. The highest BCUT2D eigenvalue weighted by molar-refractivity contribution is 5.62. The third kappa shape index (κ3) is 2.28. The fourth-order valence-electron chi connectivity index (χ4n) is 1.74. The van der Waals surface area contributed by atoms with E-state index in [1.165, 1.54) is 5.56 Å². The van der Waals surface area contributed by atoms with Gasteiger partial charge >= 0.3 is 0 Å². The zero-order valence-corrected chi connectivity index (χ0v) is 10.4. The molecule has 1 aromatic carbocycles. The topological polar surface area (TPSA) is 45.8 Å². The van der Waals surface area contributed by atoms with Gasteiger partial charge in [-0.2, -0.15) is 0 Å². The van der Waals surface area contributed by atoms with E-state index < -0.39 is 0 Å². The Bertz CT molecular complexity index is 582. The Morgan fingerprint density at radius 3 is 2.41 bits per heavy atom. The lowest BCUT2D eigenvalue weighted by Crippen LogP contribution is -2.15. The lowest BCUT2D eigenvalue weighted by Gasteiger charge is -2.07. The second-order valence-electron chi connectivity index (χ2n) is 4.21. The average Bonchev–Trinajstić information content (AvgIpc) is 2.34. The summed E-state index contributed by atoms with van der Waals surface area (Å²) in [6.07, 6.45) is 0.731. The summed E-state index contributed by atoms with van der Waals surface area (Å²) < 4.78 is 0. The molecule has 3 heteroatoms. The summed E-state index contributed by atoms with van der Waals surface area (Å²) in [7, 11) is 0. The van der Waals surface area contributed by atoms with Crippen LogP contribution in [0.1, 0.15) is 23.9 Å². The van der Waals surface area contributed by atoms with Gasteiger partial charge in [-0.15, -0.1) is 0 Å². The van der Waals surface area contributed by atoms with Gasteiger partial charge in [0.2, 0.25) is 0 Å². The van der Waals surface area contributed by atoms with Crippen molar-refractivity contribution < 1.29 is 0 Å². The van der Waals surface area contributed by atoms with Crippen LogP contribution < -0.4 is 5.56 Å². The van der Waals surface area contributed by atoms with Crippen LogP contribution in [0.15, 0.2) is 29.1 Å². The number of hydrogen-bond acceptors (Lipinski definition) is 2. The molecule has 1 aromatic heterocycles. The molecule has 0 bridgehead atoms. The molecule has 3 nitrogen and oxygen atoms in total. The smallest absolute Gasteiger partial charge is 0.254 e. The molecule has 1 N–H and O–H groups in total. The second-order valence-corrected chi connectivity index (χ2v) is 4.21. The van der Waals surface area contributed by atoms with E-state index in [0.29, 0.717) is 5.56 Å². The first-order chi connectivity index (χ1) is 8.11. The maximum absolute atomic E-state index is 11.8. The van der Waals surface area contributed by atoms with Crippen molar-refractivity contribution in [3.05, 3.63) is 51.6 Å². The van der Waals surface area contributed by atoms with E-state index in [2.05, 4.69) is 9.97 Å². The number of H-pyrrole nitrogens is 1. The van der Waals surface area contributed by atoms with Gasteiger partial charge in [0.05, 0.1) is 5.69 Å². The van der Waals surface area contributed by atoms with Crippen LogP contribution in [0.25, 0.3) is 11.3 Å². The molecule has 0 aliphatic carbocycles. The number of aryl methyl sites for hydroxylation is 2. The van der Waals surface area contributed by atoms with Crippen molar-refractivity contribution in [1.82, 2.24) is 9.97 Å². The van der Waals surface area contributed by atoms with Crippen LogP contribution in [-0.2, 0) is 6.42 Å². The molecule has 0 saturated heterocycles. The van der Waals surface area contributed by atoms with Crippen molar-refractivity contribution in [2.45, 2.75) is 27.2 Å². The maximum atomic E-state index is 11.8. The van der Waals surface area contributed by atoms with Crippen LogP contribution in [0.2, 0.25) is 0 Å². The maximum Gasteiger partial charge on any atom is 0.254 e. The first-order valence-electron chi connectivity index (χ1n) is 5.78. The molecule has 0 aliphatic heterocycles. The first-order valence-corrected chi connectivity index (χ1v) is 5.78. The van der Waals surface area contributed by atoms with E-state index in [9.17, 15) is 4.79 Å². The third-order valence-electron chi connectivity index (χ3n) is 2.86. The number of aromatic amines is 1. The van der Waals surface area contributed by atoms with Gasteiger partial charge in [0.1, 0.15) is 5.82 Å². The van der Waals surface area contributed by atoms with Crippen LogP contribution in [0.5, 0.6) is 0 Å². The minimum Gasteiger partial charge on any atom is -0.310 e. The number of nitrogens with zero attached hydrogens (tertiary/aromatic N) is 1. The van der Waals surface area contributed by atoms with Gasteiger partial charge in [-0.1, -0.05) is 36.8 Å². The Kier molecular flexibility index (Phi) is 3.09. The molecule has 2 rings (SSSR count). The molecule has 0 atom stereocenters. The summed E-state index contributed by atoms with van der Waals surface area (Å²) in [4.78, 5) is 19.0. The highest BCUT2D eigenvalue weighted by Crippen LogP contribution is 2.19. The molecule has 0 fully saturated rings. The summed E-state index contributed by atoms with van der Waals surface area (Å²) in [5.41, 5.74) is 3.60. The van der Waals surface area contributed by atoms with E-state index in [0.717, 1.165) is 23.5 Å². The summed E-state index contributed by atoms with van der Waals surface area (Å²) in [6, 6.07) is 8.07. The molecule has 0 spiro atoms. The highest BCUT2D eigenvalue weighted by Gasteiger charge is 2.08. The second kappa shape index (κ2) is 4.53. The number of rotatable bonds is 2. The molecule has 0 unspecified atom stereocenters. The predicted octanol–water partition coefficient (Wildman–Crippen LogP) is 2.62. The van der Waals surface area contributed by atoms with Crippen molar-refractivity contribution >= 4 is 0 Å². The fraction of sp³-hybridized carbons (Fsp3) is 0.286. The van der Waals surface area contributed by atoms with Crippen molar-refractivity contribution in [2.24, 2.45) is 0 Å². The molecule has 1 heterocycles. The van der Waals surface area contributed by atoms with Gasteiger partial charge in [0.25, 0.3) is 5.56 Å². The van der Waals surface area contributed by atoms with E-state index in [1.807, 2.05) is 38.1 Å². The Morgan fingerprint density at radius 1 is 1.18 bits per heavy atom. The summed E-state index contributed by atoms with van der Waals surface area (Å²) in [5.74, 6) is 0.733. The van der Waals surface area contributed by atoms with Gasteiger partial charge in [-0.05, 0) is 13.8 Å². The number of hydrogen-bond donors (Lipinski definition) is 1. The molecule has 0 aliphatic rings. The van der Waals surface area contributed by atoms with Crippen LogP contribution >= 0.6 is 0 Å². The predicted molar refractivity (Wildman–Crippen MR) is 69.1 cm³/mol. The third-order valence-corrected chi connectivity index (χ3v) is 2.86. The van der Waals surface area contributed by atoms with Crippen molar-refractivity contribution in [1.29, 1.82) is 0 Å². The number of nitrogens with one attached hydrogen (secondary N) is 1. The summed E-state index contributed by atoms with van der Waals surface area (Å²) in [6.45, 7) is 5.83. The largest absolute Gasteiger partial charge is 0.310 e. The summed E-state index contributed by atoms with van der Waals surface area (Å²) in [5, 5.41) is 0. The van der Waals surface area contributed by atoms with E-state index in [-0.39, 0.29) is 5.56 Å². The zero-order valence-electron chi connectivity index (χ0n) is 10.4. The normalized spacial score (nSPS) is 10.5. The molecule has 17 heavy (non-hydrogen) atoms. The van der Waals surface area contributed by atoms with Crippen molar-refractivity contribution in [3.63, 3.8) is 0 Å². The van der Waals surface area contributed by atoms with Gasteiger partial charge in [-0.3, -0.25) is 4.79 Å². The minimum absolute atomic E-state index is 0.0487. The van der Waals surface area contributed by atoms with E-state index in [4.69, 9.17) is 0 Å². The van der Waals surface area contributed by atoms with Crippen molar-refractivity contribution in [2.75, 3.05) is 0 Å². The zero-order chi connectivity index (χ0) is 12.4. The van der Waals surface area contributed by atoms with Crippen LogP contribution in [-0.4, -0.2) is 9.97 Å². The van der Waals surface area contributed by atoms with E-state index in [1.54, 1.807) is 6.92 Å². The minimum atomic E-state index is -0.0487. The molecule has 88 valence electrons. The van der Waals surface area contributed by atoms with Gasteiger partial charge in [0.15, 0.2) is 0 Å². The molecule has 0 amide bonds. The summed E-state index contributed by atoms with van der Waals surface area (Å²) >= 11 is 0. The Morgan fingerprint density at radius 2 is 1.82 bits per heavy atom. The Labute approximate surface area is 101 Å². The number of aromatic nitrogens is 2. The molecule has 0 radical (unpaired) electrons. The van der Waals surface area contributed by atoms with Crippen molar-refractivity contribution in [3.8, 4) is 11.3 Å². The van der Waals surface area contributed by atoms with Gasteiger partial charge in [-0.25, -0.2) is 4.98 Å². The van der Waals surface area contributed by atoms with Gasteiger partial charge < -0.3 is 4.98 Å². The van der Waals surface area contributed by atoms with Crippen LogP contribution in [0.4, 0.5) is 0 Å². The highest BCUT2D eigenvalue weighted by atomic mass is 16.1. The standard InChI is InChI=1S/C14H16N2O/c1-4-12-15-13(10(3)14(17)16-12)11-7-5-9(2)6-8-11/h5-8H,4H2,1-3H3,(H,15,16,17). The SMILES string of the molecule is CCc1nc(-c2ccc(C)cc2)c(C)c(=O)[nH]1. The molecular weight excluding hydrogens is 212 g/mol. The van der Waals surface area contributed by atoms with Crippen LogP contribution in [0, 0.1) is 13.8 Å². The first kappa shape index (κ1) is 11.6. The lowest BCUT2D eigenvalue weighted by molar-refractivity contribution is 0.912. The monoisotopic (exact) mass is 228 g/mol.